The Morgan fingerprint density at radius 1 is 1.28 bits per heavy atom. The van der Waals surface area contributed by atoms with E-state index in [0.29, 0.717) is 18.7 Å². The van der Waals surface area contributed by atoms with Crippen LogP contribution in [0.25, 0.3) is 0 Å². The second-order valence-corrected chi connectivity index (χ2v) is 5.91. The summed E-state index contributed by atoms with van der Waals surface area (Å²) in [5.41, 5.74) is 3.68. The van der Waals surface area contributed by atoms with Gasteiger partial charge in [0, 0.05) is 18.7 Å². The average molecular weight is 338 g/mol. The van der Waals surface area contributed by atoms with Crippen LogP contribution in [0.15, 0.2) is 36.7 Å². The molecule has 0 bridgehead atoms. The van der Waals surface area contributed by atoms with Gasteiger partial charge in [-0.15, -0.1) is 5.10 Å². The Balaban J connectivity index is 1.35. The molecule has 0 saturated carbocycles. The maximum absolute atomic E-state index is 12.3. The fourth-order valence-corrected chi connectivity index (χ4v) is 2.81. The van der Waals surface area contributed by atoms with Crippen LogP contribution in [0.4, 0.5) is 0 Å². The van der Waals surface area contributed by atoms with Gasteiger partial charge in [0.2, 0.25) is 0 Å². The Labute approximate surface area is 144 Å². The molecule has 1 aliphatic rings. The Kier molecular flexibility index (Phi) is 4.21. The number of nitrogens with one attached hydrogen (secondary N) is 2. The molecule has 0 radical (unpaired) electrons. The third-order valence-electron chi connectivity index (χ3n) is 4.10. The van der Waals surface area contributed by atoms with E-state index in [4.69, 9.17) is 0 Å². The predicted octanol–water partition coefficient (Wildman–Crippen LogP) is -0.0489. The summed E-state index contributed by atoms with van der Waals surface area (Å²) >= 11 is 0. The summed E-state index contributed by atoms with van der Waals surface area (Å²) in [4.78, 5) is 12.3. The summed E-state index contributed by atoms with van der Waals surface area (Å²) in [6, 6.07) is 9.44. The van der Waals surface area contributed by atoms with Crippen molar-refractivity contribution in [3.8, 4) is 0 Å². The molecule has 0 atom stereocenters. The Hall–Kier alpha value is -3.07. The topological polar surface area (TPSA) is 103 Å². The Morgan fingerprint density at radius 2 is 2.16 bits per heavy atom. The summed E-state index contributed by atoms with van der Waals surface area (Å²) < 4.78 is 3.62. The molecule has 2 N–H and O–H groups in total. The highest BCUT2D eigenvalue weighted by Crippen LogP contribution is 2.09. The van der Waals surface area contributed by atoms with Gasteiger partial charge < -0.3 is 10.6 Å². The number of aromatic nitrogens is 6. The van der Waals surface area contributed by atoms with Crippen molar-refractivity contribution in [3.05, 3.63) is 59.2 Å². The first-order valence-electron chi connectivity index (χ1n) is 8.12. The predicted molar refractivity (Wildman–Crippen MR) is 88.5 cm³/mol. The lowest BCUT2D eigenvalue weighted by Crippen LogP contribution is -2.28. The van der Waals surface area contributed by atoms with Gasteiger partial charge in [-0.05, 0) is 34.2 Å². The number of hydrogen-bond donors (Lipinski definition) is 2. The zero-order valence-electron chi connectivity index (χ0n) is 13.6. The number of hydrogen-bond acceptors (Lipinski definition) is 6. The summed E-state index contributed by atoms with van der Waals surface area (Å²) in [5, 5.41) is 21.8. The molecule has 9 heteroatoms. The molecule has 2 aromatic heterocycles. The number of fused-ring (bicyclic) bond motifs is 1. The molecule has 0 spiro atoms. The quantitative estimate of drug-likeness (QED) is 0.676. The number of carbonyl (C=O) groups excluding carboxylic acids is 1. The van der Waals surface area contributed by atoms with E-state index in [9.17, 15) is 4.79 Å². The third-order valence-corrected chi connectivity index (χ3v) is 4.10. The van der Waals surface area contributed by atoms with E-state index in [0.717, 1.165) is 36.6 Å². The molecule has 3 aromatic rings. The van der Waals surface area contributed by atoms with Gasteiger partial charge in [-0.3, -0.25) is 9.48 Å². The summed E-state index contributed by atoms with van der Waals surface area (Å²) in [6.07, 6.45) is 1.56. The number of carbonyl (C=O) groups is 1. The number of tetrazole rings is 1. The lowest BCUT2D eigenvalue weighted by atomic mass is 10.1. The Morgan fingerprint density at radius 3 is 2.92 bits per heavy atom. The molecule has 4 rings (SSSR count). The van der Waals surface area contributed by atoms with Crippen molar-refractivity contribution in [2.45, 2.75) is 26.2 Å². The fraction of sp³-hybridized carbons (Fsp3) is 0.312. The number of benzene rings is 1. The summed E-state index contributed by atoms with van der Waals surface area (Å²) in [5.74, 6) is -0.113. The van der Waals surface area contributed by atoms with Crippen molar-refractivity contribution in [1.29, 1.82) is 0 Å². The number of rotatable bonds is 5. The maximum atomic E-state index is 12.3. The lowest BCUT2D eigenvalue weighted by molar-refractivity contribution is 0.0950. The minimum atomic E-state index is -0.113. The van der Waals surface area contributed by atoms with Crippen LogP contribution in [0.1, 0.15) is 27.3 Å². The molecule has 1 aliphatic heterocycles. The SMILES string of the molecule is O=C(NCc1cc2n(n1)CCNC2)c1ccc(Cn2cnnn2)cc1. The molecule has 3 heterocycles. The van der Waals surface area contributed by atoms with Crippen LogP contribution in [0.3, 0.4) is 0 Å². The maximum Gasteiger partial charge on any atom is 0.251 e. The van der Waals surface area contributed by atoms with E-state index in [-0.39, 0.29) is 5.91 Å². The lowest BCUT2D eigenvalue weighted by Gasteiger charge is -2.13. The number of nitrogens with zero attached hydrogens (tertiary/aromatic N) is 6. The molecule has 1 aromatic carbocycles. The number of amides is 1. The van der Waals surface area contributed by atoms with E-state index in [2.05, 4.69) is 31.3 Å². The van der Waals surface area contributed by atoms with Crippen LogP contribution in [-0.4, -0.2) is 42.4 Å². The average Bonchev–Trinajstić information content (AvgIpc) is 3.29. The van der Waals surface area contributed by atoms with Crippen LogP contribution in [0, 0.1) is 0 Å². The monoisotopic (exact) mass is 338 g/mol. The van der Waals surface area contributed by atoms with E-state index in [1.165, 1.54) is 0 Å². The van der Waals surface area contributed by atoms with Crippen molar-refractivity contribution in [3.63, 3.8) is 0 Å². The first-order chi connectivity index (χ1) is 12.3. The molecule has 0 saturated heterocycles. The van der Waals surface area contributed by atoms with Crippen LogP contribution in [0.2, 0.25) is 0 Å². The van der Waals surface area contributed by atoms with Gasteiger partial charge >= 0.3 is 0 Å². The van der Waals surface area contributed by atoms with E-state index < -0.39 is 0 Å². The second kappa shape index (κ2) is 6.81. The van der Waals surface area contributed by atoms with Crippen molar-refractivity contribution in [2.75, 3.05) is 6.54 Å². The summed E-state index contributed by atoms with van der Waals surface area (Å²) in [6.45, 7) is 3.61. The molecule has 0 unspecified atom stereocenters. The molecular weight excluding hydrogens is 320 g/mol. The molecule has 9 nitrogen and oxygen atoms in total. The highest BCUT2D eigenvalue weighted by atomic mass is 16.1. The van der Waals surface area contributed by atoms with Gasteiger partial charge in [-0.1, -0.05) is 12.1 Å². The van der Waals surface area contributed by atoms with Gasteiger partial charge in [-0.2, -0.15) is 5.10 Å². The van der Waals surface area contributed by atoms with Gasteiger partial charge in [0.25, 0.3) is 5.91 Å². The van der Waals surface area contributed by atoms with Crippen molar-refractivity contribution < 1.29 is 4.79 Å². The van der Waals surface area contributed by atoms with Crippen LogP contribution >= 0.6 is 0 Å². The van der Waals surface area contributed by atoms with Gasteiger partial charge in [0.05, 0.1) is 31.0 Å². The fourth-order valence-electron chi connectivity index (χ4n) is 2.81. The highest BCUT2D eigenvalue weighted by molar-refractivity contribution is 5.94. The van der Waals surface area contributed by atoms with Crippen LogP contribution in [0.5, 0.6) is 0 Å². The molecular formula is C16H18N8O. The smallest absolute Gasteiger partial charge is 0.251 e. The molecule has 25 heavy (non-hydrogen) atoms. The van der Waals surface area contributed by atoms with Crippen LogP contribution < -0.4 is 10.6 Å². The van der Waals surface area contributed by atoms with Crippen molar-refractivity contribution in [1.82, 2.24) is 40.6 Å². The minimum absolute atomic E-state index is 0.113. The zero-order chi connectivity index (χ0) is 17.1. The Bertz CT molecular complexity index is 829. The zero-order valence-corrected chi connectivity index (χ0v) is 13.6. The minimum Gasteiger partial charge on any atom is -0.346 e. The van der Waals surface area contributed by atoms with E-state index in [1.807, 2.05) is 22.9 Å². The first kappa shape index (κ1) is 15.5. The van der Waals surface area contributed by atoms with Crippen LogP contribution in [-0.2, 0) is 26.2 Å². The van der Waals surface area contributed by atoms with Crippen molar-refractivity contribution >= 4 is 5.91 Å². The standard InChI is InChI=1S/C16H18N8O/c25-16(18-8-14-7-15-9-17-5-6-24(15)20-14)13-3-1-12(2-4-13)10-23-11-19-21-22-23/h1-4,7,11,17H,5-6,8-10H2,(H,18,25). The van der Waals surface area contributed by atoms with Gasteiger partial charge in [0.15, 0.2) is 0 Å². The normalized spacial score (nSPS) is 13.4. The summed E-state index contributed by atoms with van der Waals surface area (Å²) in [7, 11) is 0. The molecule has 0 aliphatic carbocycles. The van der Waals surface area contributed by atoms with Gasteiger partial charge in [0.1, 0.15) is 6.33 Å². The first-order valence-corrected chi connectivity index (χ1v) is 8.12. The molecule has 1 amide bonds. The van der Waals surface area contributed by atoms with E-state index in [1.54, 1.807) is 23.1 Å². The van der Waals surface area contributed by atoms with Crippen molar-refractivity contribution in [2.24, 2.45) is 0 Å². The molecule has 0 fully saturated rings. The third kappa shape index (κ3) is 3.56. The van der Waals surface area contributed by atoms with Gasteiger partial charge in [-0.25, -0.2) is 4.68 Å². The van der Waals surface area contributed by atoms with E-state index >= 15 is 0 Å². The molecule has 128 valence electrons. The second-order valence-electron chi connectivity index (χ2n) is 5.91. The highest BCUT2D eigenvalue weighted by Gasteiger charge is 2.12. The largest absolute Gasteiger partial charge is 0.346 e.